The summed E-state index contributed by atoms with van der Waals surface area (Å²) in [5, 5.41) is 2.90. The molecule has 0 aliphatic carbocycles. The molecule has 0 saturated carbocycles. The number of amides is 3. The summed E-state index contributed by atoms with van der Waals surface area (Å²) >= 11 is 3.31. The van der Waals surface area contributed by atoms with Crippen LogP contribution in [0.2, 0.25) is 0 Å². The van der Waals surface area contributed by atoms with Crippen molar-refractivity contribution in [1.82, 2.24) is 10.2 Å². The second-order valence-electron chi connectivity index (χ2n) is 6.76. The standard InChI is InChI=1S/C21H21BrN2O3/c1-13-5-6-15(14(2)10-13)12-23-19(25)4-3-9-24-20(26)17-8-7-16(22)11-18(17)21(24)27/h5-8,10-11H,3-4,9,12H2,1-2H3,(H,23,25). The zero-order valence-electron chi connectivity index (χ0n) is 15.3. The van der Waals surface area contributed by atoms with Gasteiger partial charge in [-0.3, -0.25) is 19.3 Å². The third-order valence-electron chi connectivity index (χ3n) is 4.69. The van der Waals surface area contributed by atoms with E-state index in [1.165, 1.54) is 10.5 Å². The number of nitrogens with one attached hydrogen (secondary N) is 1. The van der Waals surface area contributed by atoms with Crippen molar-refractivity contribution in [1.29, 1.82) is 0 Å². The zero-order chi connectivity index (χ0) is 19.6. The highest BCUT2D eigenvalue weighted by atomic mass is 79.9. The molecule has 1 aliphatic heterocycles. The van der Waals surface area contributed by atoms with Gasteiger partial charge in [0.25, 0.3) is 11.8 Å². The Morgan fingerprint density at radius 3 is 2.52 bits per heavy atom. The fourth-order valence-corrected chi connectivity index (χ4v) is 3.55. The van der Waals surface area contributed by atoms with Gasteiger partial charge in [-0.05, 0) is 49.6 Å². The Labute approximate surface area is 166 Å². The first-order chi connectivity index (χ1) is 12.9. The summed E-state index contributed by atoms with van der Waals surface area (Å²) < 4.78 is 0.759. The molecule has 0 atom stereocenters. The molecule has 6 heteroatoms. The van der Waals surface area contributed by atoms with Crippen LogP contribution in [-0.2, 0) is 11.3 Å². The van der Waals surface area contributed by atoms with Crippen LogP contribution in [0.4, 0.5) is 0 Å². The van der Waals surface area contributed by atoms with E-state index in [-0.39, 0.29) is 30.7 Å². The summed E-state index contributed by atoms with van der Waals surface area (Å²) in [4.78, 5) is 38.1. The van der Waals surface area contributed by atoms with Crippen molar-refractivity contribution in [3.63, 3.8) is 0 Å². The molecule has 3 rings (SSSR count). The van der Waals surface area contributed by atoms with Gasteiger partial charge in [0.05, 0.1) is 11.1 Å². The number of benzene rings is 2. The second-order valence-corrected chi connectivity index (χ2v) is 7.68. The van der Waals surface area contributed by atoms with E-state index >= 15 is 0 Å². The summed E-state index contributed by atoms with van der Waals surface area (Å²) in [6.45, 7) is 4.77. The fraction of sp³-hybridized carbons (Fsp3) is 0.286. The lowest BCUT2D eigenvalue weighted by Crippen LogP contribution is -2.32. The first-order valence-electron chi connectivity index (χ1n) is 8.85. The molecule has 0 spiro atoms. The number of nitrogens with zero attached hydrogens (tertiary/aromatic N) is 1. The molecule has 0 aromatic heterocycles. The molecule has 2 aromatic rings. The van der Waals surface area contributed by atoms with E-state index in [1.54, 1.807) is 18.2 Å². The summed E-state index contributed by atoms with van der Waals surface area (Å²) in [5.41, 5.74) is 4.25. The van der Waals surface area contributed by atoms with Gasteiger partial charge in [-0.15, -0.1) is 0 Å². The van der Waals surface area contributed by atoms with Gasteiger partial charge in [0.15, 0.2) is 0 Å². The maximum absolute atomic E-state index is 12.4. The number of carbonyl (C=O) groups is 3. The molecule has 1 heterocycles. The van der Waals surface area contributed by atoms with Crippen LogP contribution in [0.15, 0.2) is 40.9 Å². The van der Waals surface area contributed by atoms with E-state index in [0.29, 0.717) is 24.1 Å². The van der Waals surface area contributed by atoms with Crippen molar-refractivity contribution in [2.24, 2.45) is 0 Å². The second kappa shape index (κ2) is 8.05. The smallest absolute Gasteiger partial charge is 0.261 e. The van der Waals surface area contributed by atoms with Crippen molar-refractivity contribution >= 4 is 33.7 Å². The minimum atomic E-state index is -0.299. The van der Waals surface area contributed by atoms with E-state index in [2.05, 4.69) is 27.3 Å². The van der Waals surface area contributed by atoms with Gasteiger partial charge in [-0.25, -0.2) is 0 Å². The van der Waals surface area contributed by atoms with Crippen LogP contribution in [0.25, 0.3) is 0 Å². The molecule has 140 valence electrons. The van der Waals surface area contributed by atoms with Gasteiger partial charge in [0, 0.05) is 24.0 Å². The Kier molecular flexibility index (Phi) is 5.75. The third kappa shape index (κ3) is 4.27. The predicted octanol–water partition coefficient (Wildman–Crippen LogP) is 3.76. The number of hydrogen-bond acceptors (Lipinski definition) is 3. The van der Waals surface area contributed by atoms with Crippen LogP contribution in [0.3, 0.4) is 0 Å². The largest absolute Gasteiger partial charge is 0.352 e. The minimum Gasteiger partial charge on any atom is -0.352 e. The van der Waals surface area contributed by atoms with Crippen molar-refractivity contribution < 1.29 is 14.4 Å². The Morgan fingerprint density at radius 1 is 1.04 bits per heavy atom. The zero-order valence-corrected chi connectivity index (χ0v) is 16.9. The van der Waals surface area contributed by atoms with E-state index in [9.17, 15) is 14.4 Å². The topological polar surface area (TPSA) is 66.5 Å². The van der Waals surface area contributed by atoms with Crippen LogP contribution in [0.5, 0.6) is 0 Å². The molecule has 0 unspecified atom stereocenters. The Morgan fingerprint density at radius 2 is 1.78 bits per heavy atom. The first kappa shape index (κ1) is 19.3. The molecule has 0 radical (unpaired) electrons. The van der Waals surface area contributed by atoms with Crippen LogP contribution < -0.4 is 5.32 Å². The van der Waals surface area contributed by atoms with E-state index in [4.69, 9.17) is 0 Å². The highest BCUT2D eigenvalue weighted by Gasteiger charge is 2.35. The number of imide groups is 1. The number of rotatable bonds is 6. The van der Waals surface area contributed by atoms with Gasteiger partial charge in [-0.2, -0.15) is 0 Å². The molecule has 0 bridgehead atoms. The summed E-state index contributed by atoms with van der Waals surface area (Å²) in [6, 6.07) is 11.2. The van der Waals surface area contributed by atoms with Crippen molar-refractivity contribution in [3.8, 4) is 0 Å². The van der Waals surface area contributed by atoms with E-state index < -0.39 is 0 Å². The van der Waals surface area contributed by atoms with Crippen LogP contribution in [0, 0.1) is 13.8 Å². The van der Waals surface area contributed by atoms with Gasteiger partial charge in [0.2, 0.25) is 5.91 Å². The Balaban J connectivity index is 1.49. The van der Waals surface area contributed by atoms with E-state index in [0.717, 1.165) is 15.6 Å². The van der Waals surface area contributed by atoms with Gasteiger partial charge >= 0.3 is 0 Å². The number of hydrogen-bond donors (Lipinski definition) is 1. The monoisotopic (exact) mass is 428 g/mol. The highest BCUT2D eigenvalue weighted by Crippen LogP contribution is 2.26. The lowest BCUT2D eigenvalue weighted by atomic mass is 10.1. The first-order valence-corrected chi connectivity index (χ1v) is 9.64. The molecular weight excluding hydrogens is 408 g/mol. The number of carbonyl (C=O) groups excluding carboxylic acids is 3. The Hall–Kier alpha value is -2.47. The molecule has 5 nitrogen and oxygen atoms in total. The number of halogens is 1. The lowest BCUT2D eigenvalue weighted by Gasteiger charge is -2.13. The number of fused-ring (bicyclic) bond motifs is 1. The van der Waals surface area contributed by atoms with Gasteiger partial charge in [-0.1, -0.05) is 39.7 Å². The molecule has 27 heavy (non-hydrogen) atoms. The van der Waals surface area contributed by atoms with Crippen molar-refractivity contribution in [2.75, 3.05) is 6.54 Å². The Bertz CT molecular complexity index is 924. The summed E-state index contributed by atoms with van der Waals surface area (Å²) in [5.74, 6) is -0.681. The average Bonchev–Trinajstić information content (AvgIpc) is 2.85. The van der Waals surface area contributed by atoms with Gasteiger partial charge in [0.1, 0.15) is 0 Å². The van der Waals surface area contributed by atoms with Crippen molar-refractivity contribution in [2.45, 2.75) is 33.2 Å². The molecule has 3 amide bonds. The predicted molar refractivity (Wildman–Crippen MR) is 107 cm³/mol. The SMILES string of the molecule is Cc1ccc(CNC(=O)CCCN2C(=O)c3ccc(Br)cc3C2=O)c(C)c1. The van der Waals surface area contributed by atoms with Crippen LogP contribution in [-0.4, -0.2) is 29.2 Å². The highest BCUT2D eigenvalue weighted by molar-refractivity contribution is 9.10. The molecule has 0 fully saturated rings. The van der Waals surface area contributed by atoms with Crippen molar-refractivity contribution in [3.05, 3.63) is 68.7 Å². The molecule has 1 aliphatic rings. The third-order valence-corrected chi connectivity index (χ3v) is 5.19. The molecule has 2 aromatic carbocycles. The summed E-state index contributed by atoms with van der Waals surface area (Å²) in [7, 11) is 0. The van der Waals surface area contributed by atoms with Gasteiger partial charge < -0.3 is 5.32 Å². The average molecular weight is 429 g/mol. The fourth-order valence-electron chi connectivity index (χ4n) is 3.19. The molecule has 0 saturated heterocycles. The normalized spacial score (nSPS) is 13.1. The quantitative estimate of drug-likeness (QED) is 0.712. The maximum atomic E-state index is 12.4. The lowest BCUT2D eigenvalue weighted by molar-refractivity contribution is -0.121. The summed E-state index contributed by atoms with van der Waals surface area (Å²) in [6.07, 6.45) is 0.702. The minimum absolute atomic E-state index is 0.0886. The van der Waals surface area contributed by atoms with E-state index in [1.807, 2.05) is 26.0 Å². The van der Waals surface area contributed by atoms with Crippen LogP contribution in [0.1, 0.15) is 50.2 Å². The number of aryl methyl sites for hydroxylation is 2. The molecule has 1 N–H and O–H groups in total. The molecular formula is C21H21BrN2O3. The maximum Gasteiger partial charge on any atom is 0.261 e. The van der Waals surface area contributed by atoms with Crippen LogP contribution >= 0.6 is 15.9 Å².